The first-order valence-electron chi connectivity index (χ1n) is 20.8. The molecule has 3 unspecified atom stereocenters. The van der Waals surface area contributed by atoms with Crippen molar-refractivity contribution in [2.24, 2.45) is 5.73 Å². The van der Waals surface area contributed by atoms with Crippen LogP contribution in [0.15, 0.2) is 72.8 Å². The zero-order valence-corrected chi connectivity index (χ0v) is 35.9. The van der Waals surface area contributed by atoms with E-state index in [1.54, 1.807) is 21.3 Å². The van der Waals surface area contributed by atoms with E-state index in [0.29, 0.717) is 6.54 Å². The van der Waals surface area contributed by atoms with Gasteiger partial charge in [-0.1, -0.05) is 94.2 Å². The minimum Gasteiger partial charge on any atom is -0.497 e. The van der Waals surface area contributed by atoms with Crippen LogP contribution in [0.3, 0.4) is 0 Å². The largest absolute Gasteiger partial charge is 0.497 e. The Morgan fingerprint density at radius 1 is 0.561 bits per heavy atom. The first-order valence-corrected chi connectivity index (χ1v) is 20.8. The van der Waals surface area contributed by atoms with Crippen molar-refractivity contribution >= 4 is 12.4 Å². The van der Waals surface area contributed by atoms with Crippen molar-refractivity contribution in [1.29, 1.82) is 5.26 Å². The van der Waals surface area contributed by atoms with Crippen molar-refractivity contribution in [2.75, 3.05) is 48.5 Å². The average Bonchev–Trinajstić information content (AvgIpc) is 3.22. The van der Waals surface area contributed by atoms with Crippen molar-refractivity contribution in [2.45, 2.75) is 131 Å². The maximum Gasteiger partial charge on any atom is 0.118 e. The molecule has 0 amide bonds. The molecule has 0 bridgehead atoms. The number of hydrogen-bond acceptors (Lipinski definition) is 9. The topological polar surface area (TPSA) is 141 Å². The number of aliphatic hydroxyl groups is 3. The molecule has 3 atom stereocenters. The Morgan fingerprint density at radius 2 is 0.877 bits per heavy atom. The van der Waals surface area contributed by atoms with Gasteiger partial charge in [0.2, 0.25) is 0 Å². The number of nitrogens with zero attached hydrogens (tertiary/aromatic N) is 2. The summed E-state index contributed by atoms with van der Waals surface area (Å²) in [5.74, 6) is 2.24. The van der Waals surface area contributed by atoms with E-state index >= 15 is 0 Å². The minimum atomic E-state index is -0.860. The molecule has 0 saturated heterocycles. The highest BCUT2D eigenvalue weighted by atomic mass is 35.5. The second-order valence-electron chi connectivity index (χ2n) is 16.5. The second kappa shape index (κ2) is 23.3. The molecule has 3 aliphatic carbocycles. The Hall–Kier alpha value is -3.36. The molecule has 0 spiro atoms. The fourth-order valence-corrected chi connectivity index (χ4v) is 9.07. The highest BCUT2D eigenvalue weighted by molar-refractivity contribution is 5.85. The molecule has 0 heterocycles. The summed E-state index contributed by atoms with van der Waals surface area (Å²) in [5.41, 5.74) is 7.06. The van der Waals surface area contributed by atoms with Gasteiger partial charge in [-0.25, -0.2) is 0 Å². The van der Waals surface area contributed by atoms with Crippen molar-refractivity contribution in [3.63, 3.8) is 0 Å². The van der Waals surface area contributed by atoms with Gasteiger partial charge in [-0.2, -0.15) is 5.26 Å². The highest BCUT2D eigenvalue weighted by Crippen LogP contribution is 2.42. The molecule has 5 N–H and O–H groups in total. The maximum atomic E-state index is 11.1. The van der Waals surface area contributed by atoms with Crippen LogP contribution < -0.4 is 19.9 Å². The molecule has 57 heavy (non-hydrogen) atoms. The van der Waals surface area contributed by atoms with Crippen LogP contribution >= 0.6 is 12.4 Å². The molecule has 3 saturated carbocycles. The lowest BCUT2D eigenvalue weighted by Crippen LogP contribution is -2.42. The van der Waals surface area contributed by atoms with E-state index in [9.17, 15) is 20.6 Å². The van der Waals surface area contributed by atoms with Gasteiger partial charge in [-0.3, -0.25) is 0 Å². The van der Waals surface area contributed by atoms with Crippen LogP contribution in [0.25, 0.3) is 0 Å². The Morgan fingerprint density at radius 3 is 1.19 bits per heavy atom. The Kier molecular flexibility index (Phi) is 19.6. The van der Waals surface area contributed by atoms with Crippen molar-refractivity contribution < 1.29 is 29.5 Å². The number of halogens is 1. The lowest BCUT2D eigenvalue weighted by molar-refractivity contribution is -0.0277. The average molecular weight is 809 g/mol. The highest BCUT2D eigenvalue weighted by Gasteiger charge is 2.40. The Bertz CT molecular complexity index is 1590. The normalized spacial score (nSPS) is 19.7. The lowest BCUT2D eigenvalue weighted by Gasteiger charge is -2.40. The van der Waals surface area contributed by atoms with E-state index < -0.39 is 22.7 Å². The predicted octanol–water partition coefficient (Wildman–Crippen LogP) is 8.89. The molecule has 9 nitrogen and oxygen atoms in total. The first-order chi connectivity index (χ1) is 26.9. The summed E-state index contributed by atoms with van der Waals surface area (Å²) in [6.45, 7) is 1.37. The number of likely N-dealkylation sites (N-methyl/N-ethyl adjacent to an activating group) is 1. The van der Waals surface area contributed by atoms with Crippen LogP contribution in [-0.2, 0) is 0 Å². The number of rotatable bonds is 12. The van der Waals surface area contributed by atoms with Gasteiger partial charge in [0.15, 0.2) is 0 Å². The van der Waals surface area contributed by atoms with Crippen molar-refractivity contribution in [1.82, 2.24) is 4.90 Å². The second-order valence-corrected chi connectivity index (χ2v) is 16.5. The number of benzene rings is 3. The van der Waals surface area contributed by atoms with E-state index in [1.165, 1.54) is 18.4 Å². The number of methoxy groups -OCH3 is 3. The van der Waals surface area contributed by atoms with Gasteiger partial charge < -0.3 is 40.2 Å². The summed E-state index contributed by atoms with van der Waals surface area (Å²) in [5, 5.41) is 41.9. The molecule has 0 aromatic heterocycles. The predicted molar refractivity (Wildman–Crippen MR) is 232 cm³/mol. The van der Waals surface area contributed by atoms with Crippen molar-refractivity contribution in [3.05, 3.63) is 89.5 Å². The fraction of sp³-hybridized carbons (Fsp3) is 0.596. The number of ether oxygens (including phenoxy) is 3. The number of hydrogen-bond donors (Lipinski definition) is 4. The molecule has 0 radical (unpaired) electrons. The zero-order chi connectivity index (χ0) is 40.6. The van der Waals surface area contributed by atoms with Crippen LogP contribution in [0.5, 0.6) is 17.2 Å². The van der Waals surface area contributed by atoms with E-state index in [-0.39, 0.29) is 24.2 Å². The van der Waals surface area contributed by atoms with Gasteiger partial charge in [0.25, 0.3) is 0 Å². The molecule has 3 fully saturated rings. The SMILES string of the molecule is COc1ccc(C(C#N)C2(O)CCCCC2)cc1.COc1ccc(C(CN(C)C)C2(O)CCCCC2)cc1.COc1ccc(C(CN)C2(O)CCCCC2)cc1.Cl. The van der Waals surface area contributed by atoms with Crippen LogP contribution in [0, 0.1) is 11.3 Å². The third-order valence-electron chi connectivity index (χ3n) is 12.4. The lowest BCUT2D eigenvalue weighted by atomic mass is 9.72. The Labute approximate surface area is 348 Å². The third-order valence-corrected chi connectivity index (χ3v) is 12.4. The van der Waals surface area contributed by atoms with Crippen LogP contribution in [-0.4, -0.2) is 85.5 Å². The van der Waals surface area contributed by atoms with Crippen LogP contribution in [0.2, 0.25) is 0 Å². The smallest absolute Gasteiger partial charge is 0.118 e. The minimum absolute atomic E-state index is 0. The molecule has 10 heteroatoms. The van der Waals surface area contributed by atoms with Gasteiger partial charge >= 0.3 is 0 Å². The van der Waals surface area contributed by atoms with Crippen molar-refractivity contribution in [3.8, 4) is 23.3 Å². The van der Waals surface area contributed by atoms with Gasteiger partial charge in [-0.15, -0.1) is 12.4 Å². The van der Waals surface area contributed by atoms with Gasteiger partial charge in [-0.05, 0) is 106 Å². The van der Waals surface area contributed by atoms with Gasteiger partial charge in [0, 0.05) is 24.9 Å². The van der Waals surface area contributed by atoms with E-state index in [0.717, 1.165) is 118 Å². The standard InChI is InChI=1S/C17H27NO2.C15H23NO2.C15H19NO2.ClH/c1-18(2)13-16(17(19)11-5-4-6-12-17)14-7-9-15(20-3)10-8-14;2*1-18-13-7-5-12(6-8-13)14(11-16)15(17)9-3-2-4-10-15;/h7-10,16,19H,4-6,11-13H2,1-3H3;5-8,14,17H,2-4,9-11,16H2,1H3;5-8,14,17H,2-4,9-10H2,1H3;1H. The van der Waals surface area contributed by atoms with Crippen LogP contribution in [0.4, 0.5) is 0 Å². The van der Waals surface area contributed by atoms with E-state index in [1.807, 2.05) is 60.7 Å². The summed E-state index contributed by atoms with van der Waals surface area (Å²) in [7, 11) is 9.10. The summed E-state index contributed by atoms with van der Waals surface area (Å²) in [4.78, 5) is 2.17. The third kappa shape index (κ3) is 13.3. The molecular formula is C47H70ClN3O6. The number of nitriles is 1. The van der Waals surface area contributed by atoms with Gasteiger partial charge in [0.1, 0.15) is 17.2 Å². The molecule has 316 valence electrons. The zero-order valence-electron chi connectivity index (χ0n) is 35.1. The summed E-state index contributed by atoms with van der Waals surface area (Å²) in [6, 6.07) is 25.8. The summed E-state index contributed by atoms with van der Waals surface area (Å²) >= 11 is 0. The van der Waals surface area contributed by atoms with E-state index in [4.69, 9.17) is 19.9 Å². The van der Waals surface area contributed by atoms with Crippen LogP contribution in [0.1, 0.15) is 131 Å². The molecular weight excluding hydrogens is 738 g/mol. The summed E-state index contributed by atoms with van der Waals surface area (Å²) < 4.78 is 15.5. The molecule has 3 aliphatic rings. The molecule has 6 rings (SSSR count). The van der Waals surface area contributed by atoms with Gasteiger partial charge in [0.05, 0.1) is 50.1 Å². The molecule has 3 aromatic carbocycles. The summed E-state index contributed by atoms with van der Waals surface area (Å²) in [6.07, 6.45) is 15.1. The monoisotopic (exact) mass is 807 g/mol. The first kappa shape index (κ1) is 48.0. The molecule has 0 aliphatic heterocycles. The maximum absolute atomic E-state index is 11.1. The fourth-order valence-electron chi connectivity index (χ4n) is 9.07. The number of nitrogens with two attached hydrogens (primary N) is 1. The van der Waals surface area contributed by atoms with E-state index in [2.05, 4.69) is 37.2 Å². The quantitative estimate of drug-likeness (QED) is 0.141. The Balaban J connectivity index is 0.000000227. The molecule has 3 aromatic rings.